The van der Waals surface area contributed by atoms with E-state index in [2.05, 4.69) is 38.1 Å². The van der Waals surface area contributed by atoms with Gasteiger partial charge in [0.25, 0.3) is 0 Å². The fourth-order valence-electron chi connectivity index (χ4n) is 3.81. The molecule has 0 radical (unpaired) electrons. The van der Waals surface area contributed by atoms with Gasteiger partial charge in [-0.05, 0) is 66.1 Å². The van der Waals surface area contributed by atoms with Gasteiger partial charge in [0.05, 0.1) is 0 Å². The Balaban J connectivity index is 1.63. The fraction of sp³-hybridized carbons (Fsp3) is 0.143. The van der Waals surface area contributed by atoms with Crippen LogP contribution in [0.15, 0.2) is 97.1 Å². The summed E-state index contributed by atoms with van der Waals surface area (Å²) in [7, 11) is 0. The molecule has 0 aliphatic rings. The van der Waals surface area contributed by atoms with Gasteiger partial charge in [-0.1, -0.05) is 50.2 Å². The fourth-order valence-corrected chi connectivity index (χ4v) is 3.81. The van der Waals surface area contributed by atoms with Crippen LogP contribution in [0.1, 0.15) is 31.4 Å². The van der Waals surface area contributed by atoms with Gasteiger partial charge in [0.15, 0.2) is 0 Å². The molecule has 0 aromatic heterocycles. The number of ether oxygens (including phenoxy) is 2. The maximum atomic E-state index is 6.07. The number of benzene rings is 4. The largest absolute Gasteiger partial charge is 0.457 e. The minimum absolute atomic E-state index is 0.218. The zero-order chi connectivity index (χ0) is 22.6. The summed E-state index contributed by atoms with van der Waals surface area (Å²) in [6, 6.07) is 31.3. The molecule has 0 amide bonds. The van der Waals surface area contributed by atoms with Gasteiger partial charge in [-0.3, -0.25) is 0 Å². The lowest BCUT2D eigenvalue weighted by Gasteiger charge is -2.30. The average Bonchev–Trinajstić information content (AvgIpc) is 2.79. The quantitative estimate of drug-likeness (QED) is 0.309. The first-order valence-electron chi connectivity index (χ1n) is 10.7. The Labute approximate surface area is 189 Å². The topological polar surface area (TPSA) is 70.5 Å². The summed E-state index contributed by atoms with van der Waals surface area (Å²) in [6.07, 6.45) is 0.913. The van der Waals surface area contributed by atoms with Crippen molar-refractivity contribution in [3.05, 3.63) is 108 Å². The summed E-state index contributed by atoms with van der Waals surface area (Å²) >= 11 is 0. The maximum absolute atomic E-state index is 6.07. The predicted octanol–water partition coefficient (Wildman–Crippen LogP) is 7.15. The van der Waals surface area contributed by atoms with Gasteiger partial charge in [-0.15, -0.1) is 0 Å². The molecule has 0 fully saturated rings. The third-order valence-corrected chi connectivity index (χ3v) is 5.84. The van der Waals surface area contributed by atoms with Gasteiger partial charge in [-0.2, -0.15) is 0 Å². The van der Waals surface area contributed by atoms with Crippen LogP contribution in [0.5, 0.6) is 23.0 Å². The molecule has 4 aromatic rings. The summed E-state index contributed by atoms with van der Waals surface area (Å²) in [5, 5.41) is 0. The van der Waals surface area contributed by atoms with Crippen molar-refractivity contribution in [3.63, 3.8) is 0 Å². The third kappa shape index (κ3) is 4.70. The molecule has 4 heteroatoms. The molecular weight excluding hydrogens is 396 g/mol. The molecule has 0 saturated heterocycles. The van der Waals surface area contributed by atoms with Crippen LogP contribution in [0, 0.1) is 0 Å². The minimum Gasteiger partial charge on any atom is -0.457 e. The summed E-state index contributed by atoms with van der Waals surface area (Å²) in [5.41, 5.74) is 15.2. The highest BCUT2D eigenvalue weighted by Gasteiger charge is 2.28. The average molecular weight is 425 g/mol. The molecule has 32 heavy (non-hydrogen) atoms. The van der Waals surface area contributed by atoms with Crippen LogP contribution in [-0.4, -0.2) is 0 Å². The van der Waals surface area contributed by atoms with Crippen molar-refractivity contribution >= 4 is 11.4 Å². The van der Waals surface area contributed by atoms with E-state index in [-0.39, 0.29) is 5.41 Å². The zero-order valence-corrected chi connectivity index (χ0v) is 18.4. The second-order valence-corrected chi connectivity index (χ2v) is 8.09. The molecule has 0 aliphatic carbocycles. The van der Waals surface area contributed by atoms with Gasteiger partial charge in [0.2, 0.25) is 0 Å². The van der Waals surface area contributed by atoms with E-state index < -0.39 is 0 Å². The van der Waals surface area contributed by atoms with Crippen molar-refractivity contribution in [1.82, 2.24) is 0 Å². The molecule has 0 unspecified atom stereocenters. The molecule has 0 heterocycles. The molecule has 0 atom stereocenters. The third-order valence-electron chi connectivity index (χ3n) is 5.84. The number of anilines is 2. The van der Waals surface area contributed by atoms with Crippen LogP contribution < -0.4 is 20.9 Å². The van der Waals surface area contributed by atoms with Gasteiger partial charge in [0.1, 0.15) is 23.0 Å². The Bertz CT molecular complexity index is 1130. The maximum Gasteiger partial charge on any atom is 0.129 e. The van der Waals surface area contributed by atoms with Gasteiger partial charge >= 0.3 is 0 Å². The standard InChI is InChI=1S/C28H28N2O2/c1-3-28(2,20-8-4-12-24(16-20)31-26-14-6-10-22(29)18-26)21-9-5-13-25(17-21)32-27-15-7-11-23(30)19-27/h4-19H,3,29-30H2,1-2H3. The molecule has 0 saturated carbocycles. The van der Waals surface area contributed by atoms with Crippen molar-refractivity contribution in [2.24, 2.45) is 0 Å². The number of hydrogen-bond acceptors (Lipinski definition) is 4. The smallest absolute Gasteiger partial charge is 0.129 e. The molecule has 4 nitrogen and oxygen atoms in total. The van der Waals surface area contributed by atoms with Crippen molar-refractivity contribution in [2.75, 3.05) is 11.5 Å². The van der Waals surface area contributed by atoms with Crippen LogP contribution in [-0.2, 0) is 5.41 Å². The van der Waals surface area contributed by atoms with Gasteiger partial charge < -0.3 is 20.9 Å². The summed E-state index contributed by atoms with van der Waals surface area (Å²) in [4.78, 5) is 0. The SMILES string of the molecule is CCC(C)(c1cccc(Oc2cccc(N)c2)c1)c1cccc(Oc2cccc(N)c2)c1. The lowest BCUT2D eigenvalue weighted by Crippen LogP contribution is -2.22. The molecule has 0 spiro atoms. The normalized spacial score (nSPS) is 11.2. The highest BCUT2D eigenvalue weighted by atomic mass is 16.5. The van der Waals surface area contributed by atoms with Crippen molar-refractivity contribution in [3.8, 4) is 23.0 Å². The second kappa shape index (κ2) is 9.06. The number of nitrogen functional groups attached to an aromatic ring is 2. The van der Waals surface area contributed by atoms with E-state index >= 15 is 0 Å². The van der Waals surface area contributed by atoms with Crippen molar-refractivity contribution in [2.45, 2.75) is 25.7 Å². The van der Waals surface area contributed by atoms with E-state index in [4.69, 9.17) is 20.9 Å². The summed E-state index contributed by atoms with van der Waals surface area (Å²) < 4.78 is 12.1. The van der Waals surface area contributed by atoms with Crippen LogP contribution in [0.2, 0.25) is 0 Å². The Kier molecular flexibility index (Phi) is 6.04. The minimum atomic E-state index is -0.218. The van der Waals surface area contributed by atoms with Crippen molar-refractivity contribution < 1.29 is 9.47 Å². The first-order valence-corrected chi connectivity index (χ1v) is 10.7. The van der Waals surface area contributed by atoms with Crippen LogP contribution in [0.4, 0.5) is 11.4 Å². The monoisotopic (exact) mass is 424 g/mol. The predicted molar refractivity (Wildman–Crippen MR) is 131 cm³/mol. The van der Waals surface area contributed by atoms with E-state index in [1.807, 2.05) is 72.8 Å². The highest BCUT2D eigenvalue weighted by Crippen LogP contribution is 2.39. The Hall–Kier alpha value is -3.92. The van der Waals surface area contributed by atoms with E-state index in [9.17, 15) is 0 Å². The highest BCUT2D eigenvalue weighted by molar-refractivity contribution is 5.49. The van der Waals surface area contributed by atoms with Crippen molar-refractivity contribution in [1.29, 1.82) is 0 Å². The molecule has 4 N–H and O–H groups in total. The lowest BCUT2D eigenvalue weighted by atomic mass is 9.74. The van der Waals surface area contributed by atoms with E-state index in [0.29, 0.717) is 11.4 Å². The molecule has 4 rings (SSSR count). The molecule has 0 bridgehead atoms. The van der Waals surface area contributed by atoms with Crippen LogP contribution in [0.3, 0.4) is 0 Å². The molecule has 4 aromatic carbocycles. The first-order chi connectivity index (χ1) is 15.5. The van der Waals surface area contributed by atoms with E-state index in [1.54, 1.807) is 0 Å². The van der Waals surface area contributed by atoms with Gasteiger partial charge in [0, 0.05) is 28.9 Å². The van der Waals surface area contributed by atoms with Crippen LogP contribution in [0.25, 0.3) is 0 Å². The number of nitrogens with two attached hydrogens (primary N) is 2. The molecule has 0 aliphatic heterocycles. The Morgan fingerprint density at radius 1 is 0.594 bits per heavy atom. The summed E-state index contributed by atoms with van der Waals surface area (Å²) in [5.74, 6) is 3.00. The van der Waals surface area contributed by atoms with Crippen LogP contribution >= 0.6 is 0 Å². The second-order valence-electron chi connectivity index (χ2n) is 8.09. The van der Waals surface area contributed by atoms with E-state index in [0.717, 1.165) is 29.4 Å². The zero-order valence-electron chi connectivity index (χ0n) is 18.4. The Morgan fingerprint density at radius 3 is 1.34 bits per heavy atom. The first kappa shape index (κ1) is 21.3. The van der Waals surface area contributed by atoms with E-state index in [1.165, 1.54) is 11.1 Å². The Morgan fingerprint density at radius 2 is 0.969 bits per heavy atom. The lowest BCUT2D eigenvalue weighted by molar-refractivity contribution is 0.473. The van der Waals surface area contributed by atoms with Gasteiger partial charge in [-0.25, -0.2) is 0 Å². The molecule has 162 valence electrons. The summed E-state index contributed by atoms with van der Waals surface area (Å²) in [6.45, 7) is 4.43. The number of hydrogen-bond donors (Lipinski definition) is 2. The number of rotatable bonds is 7. The molecular formula is C28H28N2O2.